The van der Waals surface area contributed by atoms with Gasteiger partial charge < -0.3 is 10.1 Å². The summed E-state index contributed by atoms with van der Waals surface area (Å²) in [6, 6.07) is 4.92. The van der Waals surface area contributed by atoms with Crippen molar-refractivity contribution in [3.05, 3.63) is 21.9 Å². The van der Waals surface area contributed by atoms with Crippen LogP contribution < -0.4 is 5.32 Å². The number of rotatable bonds is 4. The molecule has 1 fully saturated rings. The van der Waals surface area contributed by atoms with Crippen LogP contribution in [-0.2, 0) is 11.2 Å². The lowest BCUT2D eigenvalue weighted by molar-refractivity contribution is -0.0594. The Morgan fingerprint density at radius 3 is 3.00 bits per heavy atom. The molecule has 0 radical (unpaired) electrons. The van der Waals surface area contributed by atoms with E-state index in [0.717, 1.165) is 26.1 Å². The van der Waals surface area contributed by atoms with Gasteiger partial charge in [-0.15, -0.1) is 11.3 Å². The average molecular weight is 254 g/mol. The van der Waals surface area contributed by atoms with Gasteiger partial charge in [-0.1, -0.05) is 6.92 Å². The topological polar surface area (TPSA) is 24.5 Å². The highest BCUT2D eigenvalue weighted by Crippen LogP contribution is 2.33. The minimum absolute atomic E-state index is 0.266. The number of nitrogens with one attached hydrogen (secondary N) is 1. The van der Waals surface area contributed by atoms with E-state index in [0.29, 0.717) is 6.04 Å². The molecular formula is C13H22N2OS. The summed E-state index contributed by atoms with van der Waals surface area (Å²) >= 11 is 1.92. The summed E-state index contributed by atoms with van der Waals surface area (Å²) in [5.74, 6) is 0. The Bertz CT molecular complexity index is 351. The second-order valence-corrected chi connectivity index (χ2v) is 5.75. The van der Waals surface area contributed by atoms with Crippen molar-refractivity contribution in [2.75, 3.05) is 33.8 Å². The number of thiophene rings is 1. The average Bonchev–Trinajstić information content (AvgIpc) is 2.78. The van der Waals surface area contributed by atoms with E-state index in [1.54, 1.807) is 0 Å². The molecule has 1 aliphatic heterocycles. The van der Waals surface area contributed by atoms with E-state index in [1.165, 1.54) is 9.75 Å². The Kier molecular flexibility index (Phi) is 4.56. The minimum Gasteiger partial charge on any atom is -0.374 e. The maximum Gasteiger partial charge on any atom is 0.0904 e. The number of morpholine rings is 1. The predicted molar refractivity (Wildman–Crippen MR) is 72.7 cm³/mol. The van der Waals surface area contributed by atoms with Crippen molar-refractivity contribution in [3.63, 3.8) is 0 Å². The molecule has 0 saturated carbocycles. The first kappa shape index (κ1) is 13.0. The fraction of sp³-hybridized carbons (Fsp3) is 0.692. The van der Waals surface area contributed by atoms with Crippen LogP contribution in [0.4, 0.5) is 0 Å². The normalized spacial score (nSPS) is 26.3. The molecule has 0 amide bonds. The Hall–Kier alpha value is -0.420. The van der Waals surface area contributed by atoms with E-state index in [9.17, 15) is 0 Å². The van der Waals surface area contributed by atoms with Crippen molar-refractivity contribution < 1.29 is 4.74 Å². The Balaban J connectivity index is 2.18. The van der Waals surface area contributed by atoms with E-state index < -0.39 is 0 Å². The van der Waals surface area contributed by atoms with Gasteiger partial charge in [0.05, 0.1) is 18.8 Å². The van der Waals surface area contributed by atoms with Crippen LogP contribution in [0.2, 0.25) is 0 Å². The molecule has 96 valence electrons. The molecular weight excluding hydrogens is 232 g/mol. The number of aryl methyl sites for hydroxylation is 1. The monoisotopic (exact) mass is 254 g/mol. The first-order chi connectivity index (χ1) is 8.26. The van der Waals surface area contributed by atoms with Crippen LogP contribution >= 0.6 is 11.3 Å². The van der Waals surface area contributed by atoms with Gasteiger partial charge in [0.1, 0.15) is 0 Å². The Morgan fingerprint density at radius 2 is 2.35 bits per heavy atom. The summed E-state index contributed by atoms with van der Waals surface area (Å²) in [5, 5.41) is 3.23. The molecule has 17 heavy (non-hydrogen) atoms. The number of ether oxygens (including phenoxy) is 1. The molecule has 0 aliphatic carbocycles. The van der Waals surface area contributed by atoms with Crippen LogP contribution in [0.25, 0.3) is 0 Å². The maximum atomic E-state index is 5.90. The van der Waals surface area contributed by atoms with Crippen molar-refractivity contribution in [1.82, 2.24) is 10.2 Å². The zero-order chi connectivity index (χ0) is 12.3. The van der Waals surface area contributed by atoms with Gasteiger partial charge in [0.25, 0.3) is 0 Å². The van der Waals surface area contributed by atoms with Crippen LogP contribution in [0.3, 0.4) is 0 Å². The molecule has 0 bridgehead atoms. The summed E-state index contributed by atoms with van der Waals surface area (Å²) in [7, 11) is 4.18. The molecule has 4 heteroatoms. The molecule has 2 unspecified atom stereocenters. The van der Waals surface area contributed by atoms with Crippen molar-refractivity contribution in [3.8, 4) is 0 Å². The van der Waals surface area contributed by atoms with Gasteiger partial charge in [-0.05, 0) is 32.6 Å². The van der Waals surface area contributed by atoms with E-state index in [-0.39, 0.29) is 6.10 Å². The summed E-state index contributed by atoms with van der Waals surface area (Å²) in [5.41, 5.74) is 0. The van der Waals surface area contributed by atoms with E-state index in [2.05, 4.69) is 36.3 Å². The van der Waals surface area contributed by atoms with Gasteiger partial charge in [0, 0.05) is 22.8 Å². The minimum atomic E-state index is 0.266. The van der Waals surface area contributed by atoms with Gasteiger partial charge in [0.15, 0.2) is 0 Å². The molecule has 1 N–H and O–H groups in total. The number of nitrogens with zero attached hydrogens (tertiary/aromatic N) is 1. The van der Waals surface area contributed by atoms with E-state index in [4.69, 9.17) is 4.74 Å². The highest BCUT2D eigenvalue weighted by Gasteiger charge is 2.31. The summed E-state index contributed by atoms with van der Waals surface area (Å²) < 4.78 is 5.90. The molecule has 2 atom stereocenters. The SMILES string of the molecule is CCc1ccc(C2C(CNC)OCCN2C)s1. The zero-order valence-corrected chi connectivity index (χ0v) is 11.7. The fourth-order valence-electron chi connectivity index (χ4n) is 2.38. The third-order valence-electron chi connectivity index (χ3n) is 3.33. The smallest absolute Gasteiger partial charge is 0.0904 e. The van der Waals surface area contributed by atoms with Gasteiger partial charge in [-0.2, -0.15) is 0 Å². The lowest BCUT2D eigenvalue weighted by Gasteiger charge is -2.38. The summed E-state index contributed by atoms with van der Waals surface area (Å²) in [6.07, 6.45) is 1.39. The second kappa shape index (κ2) is 5.96. The largest absolute Gasteiger partial charge is 0.374 e. The Morgan fingerprint density at radius 1 is 1.53 bits per heavy atom. The van der Waals surface area contributed by atoms with Crippen LogP contribution in [0, 0.1) is 0 Å². The molecule has 0 aromatic carbocycles. The zero-order valence-electron chi connectivity index (χ0n) is 10.9. The van der Waals surface area contributed by atoms with Crippen molar-refractivity contribution in [2.24, 2.45) is 0 Å². The van der Waals surface area contributed by atoms with Crippen molar-refractivity contribution in [2.45, 2.75) is 25.5 Å². The quantitative estimate of drug-likeness (QED) is 0.888. The van der Waals surface area contributed by atoms with Gasteiger partial charge >= 0.3 is 0 Å². The summed E-state index contributed by atoms with van der Waals surface area (Å²) in [6.45, 7) is 4.98. The number of likely N-dealkylation sites (N-methyl/N-ethyl adjacent to an activating group) is 2. The van der Waals surface area contributed by atoms with Crippen molar-refractivity contribution in [1.29, 1.82) is 0 Å². The van der Waals surface area contributed by atoms with Crippen LogP contribution in [-0.4, -0.2) is 44.8 Å². The highest BCUT2D eigenvalue weighted by atomic mass is 32.1. The molecule has 2 rings (SSSR count). The molecule has 1 aromatic heterocycles. The van der Waals surface area contributed by atoms with Crippen LogP contribution in [0.5, 0.6) is 0 Å². The fourth-order valence-corrected chi connectivity index (χ4v) is 3.55. The lowest BCUT2D eigenvalue weighted by Crippen LogP contribution is -2.46. The third-order valence-corrected chi connectivity index (χ3v) is 4.63. The number of hydrogen-bond donors (Lipinski definition) is 1. The van der Waals surface area contributed by atoms with Crippen molar-refractivity contribution >= 4 is 11.3 Å². The molecule has 1 aromatic rings. The molecule has 1 aliphatic rings. The number of hydrogen-bond acceptors (Lipinski definition) is 4. The molecule has 2 heterocycles. The highest BCUT2D eigenvalue weighted by molar-refractivity contribution is 7.12. The molecule has 0 spiro atoms. The lowest BCUT2D eigenvalue weighted by atomic mass is 10.1. The Labute approximate surface area is 108 Å². The predicted octanol–water partition coefficient (Wildman–Crippen LogP) is 1.90. The van der Waals surface area contributed by atoms with E-state index in [1.807, 2.05) is 18.4 Å². The van der Waals surface area contributed by atoms with Crippen LogP contribution in [0.1, 0.15) is 22.7 Å². The first-order valence-electron chi connectivity index (χ1n) is 6.31. The van der Waals surface area contributed by atoms with Gasteiger partial charge in [-0.25, -0.2) is 0 Å². The van der Waals surface area contributed by atoms with Gasteiger partial charge in [-0.3, -0.25) is 4.90 Å². The third kappa shape index (κ3) is 2.88. The standard InChI is InChI=1S/C13H22N2OS/c1-4-10-5-6-12(17-10)13-11(9-14-2)16-8-7-15(13)3/h5-6,11,13-14H,4,7-9H2,1-3H3. The van der Waals surface area contributed by atoms with Gasteiger partial charge in [0.2, 0.25) is 0 Å². The van der Waals surface area contributed by atoms with E-state index >= 15 is 0 Å². The molecule has 1 saturated heterocycles. The first-order valence-corrected chi connectivity index (χ1v) is 7.13. The second-order valence-electron chi connectivity index (χ2n) is 4.55. The molecule has 3 nitrogen and oxygen atoms in total. The summed E-state index contributed by atoms with van der Waals surface area (Å²) in [4.78, 5) is 5.31. The van der Waals surface area contributed by atoms with Crippen LogP contribution in [0.15, 0.2) is 12.1 Å². The maximum absolute atomic E-state index is 5.90.